The second-order valence-electron chi connectivity index (χ2n) is 28.2. The van der Waals surface area contributed by atoms with Crippen molar-refractivity contribution in [3.8, 4) is 0 Å². The van der Waals surface area contributed by atoms with E-state index in [2.05, 4.69) is 55.4 Å². The predicted molar refractivity (Wildman–Crippen MR) is 372 cm³/mol. The number of ether oxygens (including phenoxy) is 4. The topological polar surface area (TPSA) is 237 Å². The van der Waals surface area contributed by atoms with Crippen LogP contribution in [0.25, 0.3) is 0 Å². The highest BCUT2D eigenvalue weighted by atomic mass is 31.2. The first-order chi connectivity index (χ1) is 44.1. The average Bonchev–Trinajstić information content (AvgIpc) is 1.99. The van der Waals surface area contributed by atoms with Gasteiger partial charge in [-0.25, -0.2) is 9.13 Å². The Bertz CT molecular complexity index is 1820. The summed E-state index contributed by atoms with van der Waals surface area (Å²) in [4.78, 5) is 72.5. The van der Waals surface area contributed by atoms with Crippen molar-refractivity contribution in [3.05, 3.63) is 0 Å². The standard InChI is InChI=1S/C73H142O17P2/c1-63(2)49-41-33-25-21-17-15-13-11-9-10-12-14-16-18-23-27-39-47-55-72(77)89-68(59-83-70(75)53-45-37-31-29-35-43-51-65(5)6)61-87-91(79,80)85-57-67(74)58-86-92(81,82)88-62-69(60-84-71(76)54-46-38-32-30-36-44-52-66(7)8)90-73(78)56-48-40-28-24-20-19-22-26-34-42-50-64(3)4/h63-69,74H,9-62H2,1-8H3,(H,79,80)(H,81,82)/t67-,68-,69-/m1/s1. The van der Waals surface area contributed by atoms with Crippen LogP contribution in [-0.2, 0) is 65.4 Å². The Morgan fingerprint density at radius 3 is 0.674 bits per heavy atom. The van der Waals surface area contributed by atoms with Gasteiger partial charge in [0.25, 0.3) is 0 Å². The third kappa shape index (κ3) is 66.7. The molecule has 3 N–H and O–H groups in total. The van der Waals surface area contributed by atoms with Gasteiger partial charge in [0.1, 0.15) is 19.3 Å². The number of hydrogen-bond donors (Lipinski definition) is 3. The van der Waals surface area contributed by atoms with E-state index < -0.39 is 97.5 Å². The van der Waals surface area contributed by atoms with E-state index in [0.29, 0.717) is 37.5 Å². The molecule has 0 aromatic rings. The zero-order valence-corrected chi connectivity index (χ0v) is 62.0. The molecule has 2 unspecified atom stereocenters. The van der Waals surface area contributed by atoms with E-state index in [1.165, 1.54) is 154 Å². The molecular weight excluding hydrogens is 1210 g/mol. The molecule has 0 aromatic heterocycles. The van der Waals surface area contributed by atoms with Crippen LogP contribution >= 0.6 is 15.6 Å². The molecule has 546 valence electrons. The molecule has 0 aliphatic carbocycles. The molecule has 0 aromatic carbocycles. The highest BCUT2D eigenvalue weighted by molar-refractivity contribution is 7.47. The third-order valence-corrected chi connectivity index (χ3v) is 18.7. The smallest absolute Gasteiger partial charge is 0.462 e. The minimum atomic E-state index is -4.95. The van der Waals surface area contributed by atoms with Gasteiger partial charge in [-0.3, -0.25) is 37.3 Å². The number of carbonyl (C=O) groups is 4. The molecule has 0 aliphatic rings. The van der Waals surface area contributed by atoms with Crippen molar-refractivity contribution in [2.24, 2.45) is 23.7 Å². The van der Waals surface area contributed by atoms with Gasteiger partial charge in [0.2, 0.25) is 0 Å². The fourth-order valence-electron chi connectivity index (χ4n) is 11.0. The number of rotatable bonds is 70. The maximum Gasteiger partial charge on any atom is 0.472 e. The number of unbranched alkanes of at least 4 members (excludes halogenated alkanes) is 36. The molecule has 0 fully saturated rings. The lowest BCUT2D eigenvalue weighted by Crippen LogP contribution is -2.30. The Hall–Kier alpha value is -1.94. The fraction of sp³-hybridized carbons (Fsp3) is 0.945. The highest BCUT2D eigenvalue weighted by Gasteiger charge is 2.30. The van der Waals surface area contributed by atoms with E-state index in [4.69, 9.17) is 37.0 Å². The number of hydrogen-bond acceptors (Lipinski definition) is 15. The van der Waals surface area contributed by atoms with E-state index in [1.54, 1.807) is 0 Å². The van der Waals surface area contributed by atoms with E-state index >= 15 is 0 Å². The Morgan fingerprint density at radius 2 is 0.457 bits per heavy atom. The summed E-state index contributed by atoms with van der Waals surface area (Å²) in [6.07, 6.45) is 46.3. The highest BCUT2D eigenvalue weighted by Crippen LogP contribution is 2.45. The van der Waals surface area contributed by atoms with Crippen molar-refractivity contribution in [1.29, 1.82) is 0 Å². The molecule has 0 heterocycles. The van der Waals surface area contributed by atoms with Gasteiger partial charge in [0.15, 0.2) is 12.2 Å². The molecule has 0 saturated heterocycles. The van der Waals surface area contributed by atoms with E-state index in [9.17, 15) is 43.2 Å². The molecule has 0 rings (SSSR count). The van der Waals surface area contributed by atoms with Crippen LogP contribution in [0.2, 0.25) is 0 Å². The van der Waals surface area contributed by atoms with Gasteiger partial charge in [-0.05, 0) is 49.4 Å². The van der Waals surface area contributed by atoms with Gasteiger partial charge in [-0.1, -0.05) is 312 Å². The SMILES string of the molecule is CC(C)CCCCCCCCCCCCCCCCCCCCC(=O)O[C@H](COC(=O)CCCCCCCCC(C)C)COP(=O)(O)OC[C@@H](O)COP(=O)(O)OC[C@@H](COC(=O)CCCCCCCCC(C)C)OC(=O)CCCCCCCCCCCCC(C)C. The summed E-state index contributed by atoms with van der Waals surface area (Å²) >= 11 is 0. The van der Waals surface area contributed by atoms with Crippen LogP contribution in [0.4, 0.5) is 0 Å². The third-order valence-electron chi connectivity index (χ3n) is 16.8. The zero-order chi connectivity index (χ0) is 68.2. The van der Waals surface area contributed by atoms with E-state index in [-0.39, 0.29) is 25.7 Å². The molecule has 0 saturated carbocycles. The molecule has 0 aliphatic heterocycles. The van der Waals surface area contributed by atoms with Crippen LogP contribution in [0.15, 0.2) is 0 Å². The van der Waals surface area contributed by atoms with Gasteiger partial charge in [0, 0.05) is 25.7 Å². The molecule has 19 heteroatoms. The first kappa shape index (κ1) is 90.1. The van der Waals surface area contributed by atoms with Gasteiger partial charge >= 0.3 is 39.5 Å². The number of esters is 4. The van der Waals surface area contributed by atoms with Crippen LogP contribution in [0.3, 0.4) is 0 Å². The molecule has 0 radical (unpaired) electrons. The number of aliphatic hydroxyl groups is 1. The van der Waals surface area contributed by atoms with Crippen molar-refractivity contribution in [2.45, 2.75) is 382 Å². The molecule has 92 heavy (non-hydrogen) atoms. The molecular formula is C73H142O17P2. The van der Waals surface area contributed by atoms with Crippen LogP contribution in [0, 0.1) is 23.7 Å². The Balaban J connectivity index is 5.15. The largest absolute Gasteiger partial charge is 0.472 e. The molecule has 5 atom stereocenters. The number of phosphoric acid groups is 2. The molecule has 0 spiro atoms. The maximum absolute atomic E-state index is 13.0. The fourth-order valence-corrected chi connectivity index (χ4v) is 12.6. The minimum Gasteiger partial charge on any atom is -0.462 e. The van der Waals surface area contributed by atoms with Gasteiger partial charge in [-0.2, -0.15) is 0 Å². The normalized spacial score (nSPS) is 14.2. The predicted octanol–water partition coefficient (Wildman–Crippen LogP) is 20.9. The van der Waals surface area contributed by atoms with Gasteiger partial charge < -0.3 is 33.8 Å². The molecule has 0 bridgehead atoms. The number of carbonyl (C=O) groups excluding carboxylic acids is 4. The molecule has 0 amide bonds. The summed E-state index contributed by atoms with van der Waals surface area (Å²) in [5.74, 6) is 0.801. The van der Waals surface area contributed by atoms with Gasteiger partial charge in [-0.15, -0.1) is 0 Å². The van der Waals surface area contributed by atoms with Crippen LogP contribution in [0.5, 0.6) is 0 Å². The molecule has 17 nitrogen and oxygen atoms in total. The van der Waals surface area contributed by atoms with Crippen molar-refractivity contribution in [3.63, 3.8) is 0 Å². The summed E-state index contributed by atoms with van der Waals surface area (Å²) in [5, 5.41) is 10.6. The van der Waals surface area contributed by atoms with Gasteiger partial charge in [0.05, 0.1) is 26.4 Å². The summed E-state index contributed by atoms with van der Waals surface area (Å²) in [6, 6.07) is 0. The lowest BCUT2D eigenvalue weighted by Gasteiger charge is -2.21. The average molecular weight is 1350 g/mol. The summed E-state index contributed by atoms with van der Waals surface area (Å²) in [6.45, 7) is 14.0. The van der Waals surface area contributed by atoms with Crippen LogP contribution in [-0.4, -0.2) is 96.7 Å². The second-order valence-corrected chi connectivity index (χ2v) is 31.1. The summed E-state index contributed by atoms with van der Waals surface area (Å²) < 4.78 is 68.3. The number of aliphatic hydroxyl groups excluding tert-OH is 1. The van der Waals surface area contributed by atoms with Crippen LogP contribution < -0.4 is 0 Å². The van der Waals surface area contributed by atoms with Crippen molar-refractivity contribution < 1.29 is 80.2 Å². The minimum absolute atomic E-state index is 0.104. The van der Waals surface area contributed by atoms with Crippen molar-refractivity contribution in [2.75, 3.05) is 39.6 Å². The monoisotopic (exact) mass is 1350 g/mol. The summed E-state index contributed by atoms with van der Waals surface area (Å²) in [7, 11) is -9.90. The Labute approximate surface area is 562 Å². The van der Waals surface area contributed by atoms with E-state index in [0.717, 1.165) is 115 Å². The maximum atomic E-state index is 13.0. The van der Waals surface area contributed by atoms with Crippen molar-refractivity contribution in [1.82, 2.24) is 0 Å². The van der Waals surface area contributed by atoms with E-state index in [1.807, 2.05) is 0 Å². The lowest BCUT2D eigenvalue weighted by molar-refractivity contribution is -0.161. The summed E-state index contributed by atoms with van der Waals surface area (Å²) in [5.41, 5.74) is 0. The lowest BCUT2D eigenvalue weighted by atomic mass is 10.0. The quantitative estimate of drug-likeness (QED) is 0.0222. The second kappa shape index (κ2) is 62.6. The zero-order valence-electron chi connectivity index (χ0n) is 60.2. The first-order valence-electron chi connectivity index (χ1n) is 37.7. The Kier molecular flexibility index (Phi) is 61.3. The number of phosphoric ester groups is 2. The van der Waals surface area contributed by atoms with Crippen LogP contribution in [0.1, 0.15) is 364 Å². The first-order valence-corrected chi connectivity index (χ1v) is 40.7. The Morgan fingerprint density at radius 1 is 0.272 bits per heavy atom. The van der Waals surface area contributed by atoms with Crippen molar-refractivity contribution >= 4 is 39.5 Å².